The number of nitrogens with zero attached hydrogens (tertiary/aromatic N) is 2. The lowest BCUT2D eigenvalue weighted by Gasteiger charge is -2.08. The Morgan fingerprint density at radius 2 is 2.19 bits per heavy atom. The molecule has 0 fully saturated rings. The maximum atomic E-state index is 5.49. The number of rotatable bonds is 2. The number of hydrogen-bond donors (Lipinski definition) is 2. The Bertz CT molecular complexity index is 513. The van der Waals surface area contributed by atoms with Crippen LogP contribution in [0.25, 0.3) is 0 Å². The molecule has 0 aliphatic carbocycles. The highest BCUT2D eigenvalue weighted by Gasteiger charge is 2.01. The Balaban J connectivity index is 2.27. The molecule has 3 N–H and O–H groups in total. The molecule has 5 heteroatoms. The lowest BCUT2D eigenvalue weighted by molar-refractivity contribution is 1.12. The van der Waals surface area contributed by atoms with Gasteiger partial charge < -0.3 is 11.1 Å². The number of anilines is 3. The predicted molar refractivity (Wildman–Crippen MR) is 68.6 cm³/mol. The van der Waals surface area contributed by atoms with Gasteiger partial charge in [-0.15, -0.1) is 0 Å². The normalized spacial score (nSPS) is 10.1. The largest absolute Gasteiger partial charge is 0.368 e. The van der Waals surface area contributed by atoms with Gasteiger partial charge in [0.2, 0.25) is 5.95 Å². The number of hydrogen-bond acceptors (Lipinski definition) is 4. The van der Waals surface area contributed by atoms with E-state index in [-0.39, 0.29) is 5.95 Å². The van der Waals surface area contributed by atoms with Gasteiger partial charge in [0.15, 0.2) is 0 Å². The summed E-state index contributed by atoms with van der Waals surface area (Å²) in [5.41, 5.74) is 8.15. The van der Waals surface area contributed by atoms with Crippen LogP contribution >= 0.6 is 15.9 Å². The van der Waals surface area contributed by atoms with Crippen LogP contribution in [0.2, 0.25) is 0 Å². The van der Waals surface area contributed by atoms with Crippen molar-refractivity contribution in [1.82, 2.24) is 9.97 Å². The Morgan fingerprint density at radius 3 is 2.88 bits per heavy atom. The average Bonchev–Trinajstić information content (AvgIpc) is 2.22. The molecule has 1 aromatic heterocycles. The summed E-state index contributed by atoms with van der Waals surface area (Å²) in [6.45, 7) is 1.89. The third kappa shape index (κ3) is 2.49. The molecule has 1 aromatic carbocycles. The van der Waals surface area contributed by atoms with Gasteiger partial charge in [-0.3, -0.25) is 0 Å². The van der Waals surface area contributed by atoms with E-state index in [9.17, 15) is 0 Å². The minimum Gasteiger partial charge on any atom is -0.368 e. The third-order valence-corrected chi connectivity index (χ3v) is 2.59. The molecule has 0 bridgehead atoms. The molecule has 0 spiro atoms. The molecule has 0 unspecified atom stereocenters. The molecule has 16 heavy (non-hydrogen) atoms. The van der Waals surface area contributed by atoms with Crippen LogP contribution in [0.15, 0.2) is 34.9 Å². The fourth-order valence-electron chi connectivity index (χ4n) is 1.33. The fraction of sp³-hybridized carbons (Fsp3) is 0.0909. The summed E-state index contributed by atoms with van der Waals surface area (Å²) in [5, 5.41) is 3.23. The first-order valence-corrected chi connectivity index (χ1v) is 5.56. The number of nitrogens with two attached hydrogens (primary N) is 1. The second-order valence-corrected chi connectivity index (χ2v) is 4.28. The topological polar surface area (TPSA) is 63.8 Å². The van der Waals surface area contributed by atoms with Crippen LogP contribution in [0.3, 0.4) is 0 Å². The van der Waals surface area contributed by atoms with Gasteiger partial charge in [-0.05, 0) is 25.1 Å². The van der Waals surface area contributed by atoms with E-state index in [2.05, 4.69) is 31.2 Å². The third-order valence-electron chi connectivity index (χ3n) is 2.10. The van der Waals surface area contributed by atoms with Crippen molar-refractivity contribution in [3.05, 3.63) is 40.6 Å². The van der Waals surface area contributed by atoms with Crippen LogP contribution in [-0.2, 0) is 0 Å². The maximum absolute atomic E-state index is 5.49. The Labute approximate surface area is 102 Å². The Morgan fingerprint density at radius 1 is 1.38 bits per heavy atom. The minimum absolute atomic E-state index is 0.289. The van der Waals surface area contributed by atoms with E-state index < -0.39 is 0 Å². The number of halogens is 1. The van der Waals surface area contributed by atoms with Crippen molar-refractivity contribution in [2.75, 3.05) is 11.1 Å². The molecular formula is C11H11BrN4. The lowest BCUT2D eigenvalue weighted by atomic mass is 10.3. The molecule has 0 aliphatic heterocycles. The summed E-state index contributed by atoms with van der Waals surface area (Å²) in [7, 11) is 0. The maximum Gasteiger partial charge on any atom is 0.220 e. The first-order chi connectivity index (χ1) is 7.65. The van der Waals surface area contributed by atoms with Crippen LogP contribution in [0.1, 0.15) is 5.69 Å². The number of aryl methyl sites for hydroxylation is 1. The van der Waals surface area contributed by atoms with Gasteiger partial charge in [0, 0.05) is 10.2 Å². The molecule has 1 heterocycles. The van der Waals surface area contributed by atoms with E-state index in [1.165, 1.54) is 0 Å². The van der Waals surface area contributed by atoms with E-state index in [0.29, 0.717) is 0 Å². The van der Waals surface area contributed by atoms with Crippen LogP contribution < -0.4 is 11.1 Å². The molecule has 4 nitrogen and oxygen atoms in total. The van der Waals surface area contributed by atoms with Crippen molar-refractivity contribution in [1.29, 1.82) is 0 Å². The van der Waals surface area contributed by atoms with E-state index in [1.807, 2.05) is 31.2 Å². The predicted octanol–water partition coefficient (Wildman–Crippen LogP) is 2.87. The van der Waals surface area contributed by atoms with E-state index in [4.69, 9.17) is 5.73 Å². The van der Waals surface area contributed by atoms with Gasteiger partial charge >= 0.3 is 0 Å². The summed E-state index contributed by atoms with van der Waals surface area (Å²) in [4.78, 5) is 8.04. The molecule has 0 aliphatic rings. The molecule has 0 atom stereocenters. The van der Waals surface area contributed by atoms with Crippen molar-refractivity contribution in [3.63, 3.8) is 0 Å². The summed E-state index contributed by atoms with van der Waals surface area (Å²) < 4.78 is 1.02. The fourth-order valence-corrected chi connectivity index (χ4v) is 1.73. The van der Waals surface area contributed by atoms with E-state index in [0.717, 1.165) is 21.5 Å². The molecule has 0 saturated heterocycles. The van der Waals surface area contributed by atoms with Gasteiger partial charge in [0.25, 0.3) is 0 Å². The van der Waals surface area contributed by atoms with Gasteiger partial charge in [-0.1, -0.05) is 22.0 Å². The summed E-state index contributed by atoms with van der Waals surface area (Å²) in [6.07, 6.45) is 1.68. The smallest absolute Gasteiger partial charge is 0.220 e. The summed E-state index contributed by atoms with van der Waals surface area (Å²) >= 11 is 3.41. The van der Waals surface area contributed by atoms with Gasteiger partial charge in [-0.25, -0.2) is 9.97 Å². The highest BCUT2D eigenvalue weighted by atomic mass is 79.9. The molecule has 0 saturated carbocycles. The molecule has 82 valence electrons. The van der Waals surface area contributed by atoms with Crippen molar-refractivity contribution in [2.45, 2.75) is 6.92 Å². The Kier molecular flexibility index (Phi) is 3.05. The van der Waals surface area contributed by atoms with Gasteiger partial charge in [-0.2, -0.15) is 0 Å². The van der Waals surface area contributed by atoms with E-state index >= 15 is 0 Å². The van der Waals surface area contributed by atoms with Crippen LogP contribution in [0, 0.1) is 6.92 Å². The van der Waals surface area contributed by atoms with Crippen LogP contribution in [0.5, 0.6) is 0 Å². The molecule has 2 rings (SSSR count). The van der Waals surface area contributed by atoms with Gasteiger partial charge in [0.1, 0.15) is 0 Å². The minimum atomic E-state index is 0.289. The molecular weight excluding hydrogens is 268 g/mol. The first kappa shape index (κ1) is 10.9. The summed E-state index contributed by atoms with van der Waals surface area (Å²) in [5.74, 6) is 0.289. The van der Waals surface area contributed by atoms with Crippen LogP contribution in [-0.4, -0.2) is 9.97 Å². The van der Waals surface area contributed by atoms with E-state index in [1.54, 1.807) is 6.20 Å². The quantitative estimate of drug-likeness (QED) is 0.887. The summed E-state index contributed by atoms with van der Waals surface area (Å²) in [6, 6.07) is 7.88. The lowest BCUT2D eigenvalue weighted by Crippen LogP contribution is -2.00. The number of aromatic nitrogens is 2. The molecule has 2 aromatic rings. The van der Waals surface area contributed by atoms with Crippen molar-refractivity contribution >= 4 is 33.3 Å². The SMILES string of the molecule is Cc1nc(N)ncc1Nc1cccc(Br)c1. The monoisotopic (exact) mass is 278 g/mol. The standard InChI is InChI=1S/C11H11BrN4/c1-7-10(6-14-11(13)15-7)16-9-4-2-3-8(12)5-9/h2-6,16H,1H3,(H2,13,14,15). The average molecular weight is 279 g/mol. The van der Waals surface area contributed by atoms with Gasteiger partial charge in [0.05, 0.1) is 17.6 Å². The highest BCUT2D eigenvalue weighted by Crippen LogP contribution is 2.21. The highest BCUT2D eigenvalue weighted by molar-refractivity contribution is 9.10. The number of benzene rings is 1. The second kappa shape index (κ2) is 4.49. The molecule has 0 amide bonds. The molecule has 0 radical (unpaired) electrons. The van der Waals surface area contributed by atoms with Crippen molar-refractivity contribution in [3.8, 4) is 0 Å². The zero-order valence-electron chi connectivity index (χ0n) is 8.74. The second-order valence-electron chi connectivity index (χ2n) is 3.36. The van der Waals surface area contributed by atoms with Crippen molar-refractivity contribution < 1.29 is 0 Å². The zero-order valence-corrected chi connectivity index (χ0v) is 10.3. The van der Waals surface area contributed by atoms with Crippen LogP contribution in [0.4, 0.5) is 17.3 Å². The zero-order chi connectivity index (χ0) is 11.5. The first-order valence-electron chi connectivity index (χ1n) is 4.77. The Hall–Kier alpha value is -1.62. The number of nitrogen functional groups attached to an aromatic ring is 1. The number of nitrogens with one attached hydrogen (secondary N) is 1. The van der Waals surface area contributed by atoms with Crippen molar-refractivity contribution in [2.24, 2.45) is 0 Å².